The minimum Gasteiger partial charge on any atom is -0.360 e. The Morgan fingerprint density at radius 2 is 2.27 bits per heavy atom. The van der Waals surface area contributed by atoms with Crippen LogP contribution in [0.1, 0.15) is 12.0 Å². The first-order chi connectivity index (χ1) is 7.27. The zero-order valence-corrected chi connectivity index (χ0v) is 9.53. The number of nitrogens with two attached hydrogens (primary N) is 1. The quantitative estimate of drug-likeness (QED) is 0.672. The van der Waals surface area contributed by atoms with Gasteiger partial charge in [0.1, 0.15) is 5.82 Å². The highest BCUT2D eigenvalue weighted by atomic mass is 15.2. The van der Waals surface area contributed by atoms with Gasteiger partial charge < -0.3 is 16.0 Å². The topological polar surface area (TPSA) is 54.2 Å². The van der Waals surface area contributed by atoms with Crippen LogP contribution in [0.25, 0.3) is 0 Å². The molecule has 15 heavy (non-hydrogen) atoms. The second kappa shape index (κ2) is 6.37. The largest absolute Gasteiger partial charge is 0.360 e. The van der Waals surface area contributed by atoms with E-state index in [1.54, 1.807) is 0 Å². The lowest BCUT2D eigenvalue weighted by Gasteiger charge is -2.17. The molecular formula is C11H20N4. The molecule has 0 unspecified atom stereocenters. The Labute approximate surface area is 91.5 Å². The summed E-state index contributed by atoms with van der Waals surface area (Å²) in [7, 11) is 4.02. The Hall–Kier alpha value is -1.13. The van der Waals surface area contributed by atoms with Gasteiger partial charge in [-0.3, -0.25) is 0 Å². The Morgan fingerprint density at radius 1 is 1.47 bits per heavy atom. The molecule has 1 heterocycles. The van der Waals surface area contributed by atoms with Crippen molar-refractivity contribution in [3.05, 3.63) is 23.9 Å². The molecule has 0 saturated heterocycles. The number of anilines is 1. The zero-order valence-electron chi connectivity index (χ0n) is 9.53. The number of pyridine rings is 1. The van der Waals surface area contributed by atoms with Crippen molar-refractivity contribution in [1.29, 1.82) is 0 Å². The van der Waals surface area contributed by atoms with Gasteiger partial charge in [-0.25, -0.2) is 4.98 Å². The highest BCUT2D eigenvalue weighted by Crippen LogP contribution is 2.09. The summed E-state index contributed by atoms with van der Waals surface area (Å²) in [6.07, 6.45) is 2.96. The molecule has 0 amide bonds. The van der Waals surface area contributed by atoms with Crippen molar-refractivity contribution in [2.45, 2.75) is 13.0 Å². The van der Waals surface area contributed by atoms with Gasteiger partial charge in [-0.1, -0.05) is 6.07 Å². The average molecular weight is 208 g/mol. The molecule has 1 aromatic heterocycles. The van der Waals surface area contributed by atoms with E-state index in [9.17, 15) is 0 Å². The van der Waals surface area contributed by atoms with E-state index < -0.39 is 0 Å². The van der Waals surface area contributed by atoms with E-state index in [0.717, 1.165) is 30.9 Å². The van der Waals surface area contributed by atoms with Gasteiger partial charge in [-0.2, -0.15) is 0 Å². The summed E-state index contributed by atoms with van der Waals surface area (Å²) in [6.45, 7) is 2.60. The maximum atomic E-state index is 5.51. The molecule has 1 rings (SSSR count). The summed E-state index contributed by atoms with van der Waals surface area (Å²) in [5, 5.41) is 3.13. The van der Waals surface area contributed by atoms with E-state index >= 15 is 0 Å². The predicted molar refractivity (Wildman–Crippen MR) is 63.9 cm³/mol. The fourth-order valence-electron chi connectivity index (χ4n) is 1.37. The van der Waals surface area contributed by atoms with Gasteiger partial charge in [0.15, 0.2) is 0 Å². The molecule has 84 valence electrons. The summed E-state index contributed by atoms with van der Waals surface area (Å²) in [5.41, 5.74) is 6.58. The number of aromatic nitrogens is 1. The number of hydrogen-bond donors (Lipinski definition) is 2. The molecule has 4 heteroatoms. The second-order valence-electron chi connectivity index (χ2n) is 3.61. The van der Waals surface area contributed by atoms with Crippen LogP contribution in [0.4, 0.5) is 5.82 Å². The van der Waals surface area contributed by atoms with E-state index in [1.165, 1.54) is 0 Å². The van der Waals surface area contributed by atoms with E-state index in [1.807, 2.05) is 25.4 Å². The van der Waals surface area contributed by atoms with Crippen molar-refractivity contribution in [3.8, 4) is 0 Å². The summed E-state index contributed by atoms with van der Waals surface area (Å²) < 4.78 is 0. The molecule has 3 N–H and O–H groups in total. The SMILES string of the molecule is CNCCCN(C)c1ccc(CN)cn1. The molecule has 0 aliphatic carbocycles. The fourth-order valence-corrected chi connectivity index (χ4v) is 1.37. The second-order valence-corrected chi connectivity index (χ2v) is 3.61. The van der Waals surface area contributed by atoms with Crippen LogP contribution in [0.15, 0.2) is 18.3 Å². The van der Waals surface area contributed by atoms with E-state index in [2.05, 4.69) is 22.2 Å². The van der Waals surface area contributed by atoms with Crippen molar-refractivity contribution < 1.29 is 0 Å². The van der Waals surface area contributed by atoms with E-state index in [0.29, 0.717) is 6.54 Å². The van der Waals surface area contributed by atoms with E-state index in [-0.39, 0.29) is 0 Å². The third-order valence-electron chi connectivity index (χ3n) is 2.36. The van der Waals surface area contributed by atoms with Gasteiger partial charge in [0.05, 0.1) is 0 Å². The third-order valence-corrected chi connectivity index (χ3v) is 2.36. The van der Waals surface area contributed by atoms with Crippen LogP contribution in [-0.2, 0) is 6.54 Å². The van der Waals surface area contributed by atoms with Gasteiger partial charge in [0, 0.05) is 26.3 Å². The average Bonchev–Trinajstić information content (AvgIpc) is 2.29. The molecule has 0 aliphatic heterocycles. The Morgan fingerprint density at radius 3 is 2.80 bits per heavy atom. The zero-order chi connectivity index (χ0) is 11.1. The lowest BCUT2D eigenvalue weighted by molar-refractivity contribution is 0.709. The van der Waals surface area contributed by atoms with Crippen molar-refractivity contribution in [3.63, 3.8) is 0 Å². The first-order valence-corrected chi connectivity index (χ1v) is 5.28. The van der Waals surface area contributed by atoms with Crippen LogP contribution in [0.5, 0.6) is 0 Å². The maximum absolute atomic E-state index is 5.51. The van der Waals surface area contributed by atoms with Crippen molar-refractivity contribution in [2.24, 2.45) is 5.73 Å². The normalized spacial score (nSPS) is 10.3. The first-order valence-electron chi connectivity index (χ1n) is 5.28. The third kappa shape index (κ3) is 3.85. The van der Waals surface area contributed by atoms with Crippen LogP contribution >= 0.6 is 0 Å². The fraction of sp³-hybridized carbons (Fsp3) is 0.545. The smallest absolute Gasteiger partial charge is 0.128 e. The van der Waals surface area contributed by atoms with E-state index in [4.69, 9.17) is 5.73 Å². The van der Waals surface area contributed by atoms with Gasteiger partial charge in [0.25, 0.3) is 0 Å². The summed E-state index contributed by atoms with van der Waals surface area (Å²) in [5.74, 6) is 1.00. The molecule has 0 saturated carbocycles. The monoisotopic (exact) mass is 208 g/mol. The molecule has 0 spiro atoms. The molecule has 0 fully saturated rings. The Balaban J connectivity index is 2.46. The van der Waals surface area contributed by atoms with Crippen LogP contribution < -0.4 is 16.0 Å². The highest BCUT2D eigenvalue weighted by Gasteiger charge is 2.01. The molecule has 0 radical (unpaired) electrons. The number of hydrogen-bond acceptors (Lipinski definition) is 4. The standard InChI is InChI=1S/C11H20N4/c1-13-6-3-7-15(2)11-5-4-10(8-12)9-14-11/h4-5,9,13H,3,6-8,12H2,1-2H3. The summed E-state index contributed by atoms with van der Waals surface area (Å²) >= 11 is 0. The maximum Gasteiger partial charge on any atom is 0.128 e. The summed E-state index contributed by atoms with van der Waals surface area (Å²) in [4.78, 5) is 6.50. The number of nitrogens with zero attached hydrogens (tertiary/aromatic N) is 2. The van der Waals surface area contributed by atoms with Gasteiger partial charge in [-0.05, 0) is 31.6 Å². The van der Waals surface area contributed by atoms with Crippen molar-refractivity contribution in [1.82, 2.24) is 10.3 Å². The summed E-state index contributed by atoms with van der Waals surface area (Å²) in [6, 6.07) is 4.04. The molecular weight excluding hydrogens is 188 g/mol. The Kier molecular flexibility index (Phi) is 5.07. The molecule has 1 aromatic rings. The molecule has 0 aromatic carbocycles. The molecule has 0 atom stereocenters. The number of nitrogens with one attached hydrogen (secondary N) is 1. The van der Waals surface area contributed by atoms with Gasteiger partial charge in [-0.15, -0.1) is 0 Å². The lowest BCUT2D eigenvalue weighted by atomic mass is 10.3. The minimum absolute atomic E-state index is 0.552. The predicted octanol–water partition coefficient (Wildman–Crippen LogP) is 0.586. The molecule has 0 bridgehead atoms. The van der Waals surface area contributed by atoms with Gasteiger partial charge >= 0.3 is 0 Å². The first kappa shape index (κ1) is 11.9. The Bertz CT molecular complexity index is 270. The number of rotatable bonds is 6. The molecule has 4 nitrogen and oxygen atoms in total. The van der Waals surface area contributed by atoms with Crippen LogP contribution in [0, 0.1) is 0 Å². The minimum atomic E-state index is 0.552. The highest BCUT2D eigenvalue weighted by molar-refractivity contribution is 5.38. The van der Waals surface area contributed by atoms with Crippen molar-refractivity contribution in [2.75, 3.05) is 32.1 Å². The van der Waals surface area contributed by atoms with Gasteiger partial charge in [0.2, 0.25) is 0 Å². The lowest BCUT2D eigenvalue weighted by Crippen LogP contribution is -2.23. The van der Waals surface area contributed by atoms with Crippen molar-refractivity contribution >= 4 is 5.82 Å². The van der Waals surface area contributed by atoms with Crippen LogP contribution in [0.2, 0.25) is 0 Å². The van der Waals surface area contributed by atoms with Crippen LogP contribution in [-0.4, -0.2) is 32.2 Å². The molecule has 0 aliphatic rings. The van der Waals surface area contributed by atoms with Crippen LogP contribution in [0.3, 0.4) is 0 Å².